The third-order valence-electron chi connectivity index (χ3n) is 2.93. The van der Waals surface area contributed by atoms with Crippen molar-refractivity contribution in [3.8, 4) is 0 Å². The number of amides is 1. The summed E-state index contributed by atoms with van der Waals surface area (Å²) in [5.74, 6) is -0.615. The second-order valence-corrected chi connectivity index (χ2v) is 4.31. The van der Waals surface area contributed by atoms with Gasteiger partial charge in [0.1, 0.15) is 6.04 Å². The molecule has 0 bridgehead atoms. The van der Waals surface area contributed by atoms with Gasteiger partial charge in [0, 0.05) is 5.92 Å². The number of aliphatic carboxylic acids is 1. The Morgan fingerprint density at radius 3 is 2.47 bits per heavy atom. The molecule has 0 saturated heterocycles. The van der Waals surface area contributed by atoms with Crippen molar-refractivity contribution in [2.45, 2.75) is 45.6 Å². The predicted octanol–water partition coefficient (Wildman–Crippen LogP) is 1.40. The van der Waals surface area contributed by atoms with Crippen molar-refractivity contribution in [2.24, 2.45) is 11.8 Å². The van der Waals surface area contributed by atoms with Crippen LogP contribution in [0.15, 0.2) is 0 Å². The lowest BCUT2D eigenvalue weighted by molar-refractivity contribution is -0.142. The monoisotopic (exact) mass is 213 g/mol. The summed E-state index contributed by atoms with van der Waals surface area (Å²) >= 11 is 0. The van der Waals surface area contributed by atoms with Gasteiger partial charge in [-0.3, -0.25) is 4.79 Å². The molecular weight excluding hydrogens is 194 g/mol. The summed E-state index contributed by atoms with van der Waals surface area (Å²) in [6.45, 7) is 3.78. The van der Waals surface area contributed by atoms with Crippen molar-refractivity contribution in [3.05, 3.63) is 0 Å². The van der Waals surface area contributed by atoms with Gasteiger partial charge in [0.25, 0.3) is 0 Å². The lowest BCUT2D eigenvalue weighted by Gasteiger charge is -2.16. The van der Waals surface area contributed by atoms with Crippen molar-refractivity contribution in [1.29, 1.82) is 0 Å². The fourth-order valence-electron chi connectivity index (χ4n) is 1.66. The number of carbonyl (C=O) groups is 2. The number of carboxylic acids is 1. The Labute approximate surface area is 90.0 Å². The lowest BCUT2D eigenvalue weighted by Crippen LogP contribution is -2.43. The van der Waals surface area contributed by atoms with Crippen LogP contribution in [0.25, 0.3) is 0 Å². The summed E-state index contributed by atoms with van der Waals surface area (Å²) in [6.07, 6.45) is 3.45. The van der Waals surface area contributed by atoms with Gasteiger partial charge < -0.3 is 10.4 Å². The molecule has 0 aromatic carbocycles. The van der Waals surface area contributed by atoms with E-state index in [2.05, 4.69) is 5.32 Å². The molecule has 1 aliphatic rings. The Hall–Kier alpha value is -1.06. The largest absolute Gasteiger partial charge is 0.480 e. The van der Waals surface area contributed by atoms with Gasteiger partial charge in [0.05, 0.1) is 0 Å². The molecule has 1 amide bonds. The summed E-state index contributed by atoms with van der Waals surface area (Å²) in [5.41, 5.74) is 0. The van der Waals surface area contributed by atoms with Gasteiger partial charge in [0.15, 0.2) is 0 Å². The van der Waals surface area contributed by atoms with Crippen LogP contribution in [0.1, 0.15) is 39.5 Å². The fourth-order valence-corrected chi connectivity index (χ4v) is 1.66. The second-order valence-electron chi connectivity index (χ2n) is 4.31. The van der Waals surface area contributed by atoms with Gasteiger partial charge in [-0.05, 0) is 25.2 Å². The topological polar surface area (TPSA) is 66.4 Å². The third-order valence-corrected chi connectivity index (χ3v) is 2.93. The molecule has 0 aromatic rings. The van der Waals surface area contributed by atoms with Crippen molar-refractivity contribution < 1.29 is 14.7 Å². The number of rotatable bonds is 6. The Bertz CT molecular complexity index is 248. The molecule has 86 valence electrons. The summed E-state index contributed by atoms with van der Waals surface area (Å²) in [6, 6.07) is -0.719. The van der Waals surface area contributed by atoms with E-state index in [1.807, 2.05) is 13.8 Å². The van der Waals surface area contributed by atoms with Crippen LogP contribution in [0, 0.1) is 11.8 Å². The molecule has 2 N–H and O–H groups in total. The van der Waals surface area contributed by atoms with E-state index in [1.54, 1.807) is 0 Å². The minimum absolute atomic E-state index is 0.0382. The van der Waals surface area contributed by atoms with E-state index in [4.69, 9.17) is 5.11 Å². The third kappa shape index (κ3) is 3.53. The number of hydrogen-bond donors (Lipinski definition) is 2. The van der Waals surface area contributed by atoms with Crippen LogP contribution >= 0.6 is 0 Å². The zero-order valence-corrected chi connectivity index (χ0v) is 9.32. The molecular formula is C11H19NO3. The molecule has 0 aliphatic heterocycles. The summed E-state index contributed by atoms with van der Waals surface area (Å²) in [5, 5.41) is 11.5. The molecule has 4 heteroatoms. The highest BCUT2D eigenvalue weighted by Gasteiger charge is 2.33. The van der Waals surface area contributed by atoms with Gasteiger partial charge in [-0.15, -0.1) is 0 Å². The SMILES string of the molecule is CCC[C@@H](NC(=O)C(C)C1CC1)C(=O)O. The summed E-state index contributed by atoms with van der Waals surface area (Å²) in [7, 11) is 0. The van der Waals surface area contributed by atoms with Crippen LogP contribution in [-0.4, -0.2) is 23.0 Å². The van der Waals surface area contributed by atoms with Crippen LogP contribution in [0.5, 0.6) is 0 Å². The van der Waals surface area contributed by atoms with E-state index in [-0.39, 0.29) is 11.8 Å². The zero-order chi connectivity index (χ0) is 11.4. The Morgan fingerprint density at radius 1 is 1.47 bits per heavy atom. The predicted molar refractivity (Wildman–Crippen MR) is 56.4 cm³/mol. The molecule has 2 atom stereocenters. The van der Waals surface area contributed by atoms with Crippen LogP contribution in [0.4, 0.5) is 0 Å². The molecule has 1 rings (SSSR count). The first-order valence-electron chi connectivity index (χ1n) is 5.59. The van der Waals surface area contributed by atoms with E-state index in [1.165, 1.54) is 0 Å². The quantitative estimate of drug-likeness (QED) is 0.701. The van der Waals surface area contributed by atoms with Crippen LogP contribution in [0.3, 0.4) is 0 Å². The van der Waals surface area contributed by atoms with Crippen molar-refractivity contribution >= 4 is 11.9 Å². The van der Waals surface area contributed by atoms with E-state index in [0.29, 0.717) is 12.3 Å². The van der Waals surface area contributed by atoms with Gasteiger partial charge in [-0.2, -0.15) is 0 Å². The van der Waals surface area contributed by atoms with Crippen molar-refractivity contribution in [2.75, 3.05) is 0 Å². The van der Waals surface area contributed by atoms with Gasteiger partial charge in [-0.1, -0.05) is 20.3 Å². The maximum Gasteiger partial charge on any atom is 0.326 e. The molecule has 0 aromatic heterocycles. The fraction of sp³-hybridized carbons (Fsp3) is 0.818. The molecule has 0 radical (unpaired) electrons. The minimum atomic E-state index is -0.937. The molecule has 0 spiro atoms. The first-order chi connectivity index (χ1) is 7.06. The van der Waals surface area contributed by atoms with Crippen LogP contribution in [0.2, 0.25) is 0 Å². The maximum absolute atomic E-state index is 11.6. The number of carboxylic acid groups (broad SMARTS) is 1. The minimum Gasteiger partial charge on any atom is -0.480 e. The molecule has 1 aliphatic carbocycles. The van der Waals surface area contributed by atoms with Crippen molar-refractivity contribution in [1.82, 2.24) is 5.32 Å². The van der Waals surface area contributed by atoms with Gasteiger partial charge >= 0.3 is 5.97 Å². The molecule has 4 nitrogen and oxygen atoms in total. The highest BCUT2D eigenvalue weighted by atomic mass is 16.4. The average molecular weight is 213 g/mol. The molecule has 1 saturated carbocycles. The Kier molecular flexibility index (Phi) is 4.12. The highest BCUT2D eigenvalue weighted by molar-refractivity contribution is 5.85. The standard InChI is InChI=1S/C11H19NO3/c1-3-4-9(11(14)15)12-10(13)7(2)8-5-6-8/h7-9H,3-6H2,1-2H3,(H,12,13)(H,14,15)/t7?,9-/m1/s1. The normalized spacial score (nSPS) is 19.3. The Morgan fingerprint density at radius 2 is 2.07 bits per heavy atom. The molecule has 1 fully saturated rings. The van der Waals surface area contributed by atoms with Crippen LogP contribution in [-0.2, 0) is 9.59 Å². The van der Waals surface area contributed by atoms with E-state index in [0.717, 1.165) is 19.3 Å². The molecule has 1 unspecified atom stereocenters. The first-order valence-corrected chi connectivity index (χ1v) is 5.59. The number of hydrogen-bond acceptors (Lipinski definition) is 2. The van der Waals surface area contributed by atoms with Gasteiger partial charge in [0.2, 0.25) is 5.91 Å². The highest BCUT2D eigenvalue weighted by Crippen LogP contribution is 2.36. The Balaban J connectivity index is 2.42. The van der Waals surface area contributed by atoms with Gasteiger partial charge in [-0.25, -0.2) is 4.79 Å². The molecule has 15 heavy (non-hydrogen) atoms. The van der Waals surface area contributed by atoms with Crippen LogP contribution < -0.4 is 5.32 Å². The first kappa shape index (κ1) is 12.0. The average Bonchev–Trinajstić information content (AvgIpc) is 2.98. The van der Waals surface area contributed by atoms with E-state index >= 15 is 0 Å². The van der Waals surface area contributed by atoms with E-state index in [9.17, 15) is 9.59 Å². The number of nitrogens with one attached hydrogen (secondary N) is 1. The zero-order valence-electron chi connectivity index (χ0n) is 9.32. The number of carbonyl (C=O) groups excluding carboxylic acids is 1. The molecule has 0 heterocycles. The summed E-state index contributed by atoms with van der Waals surface area (Å²) in [4.78, 5) is 22.5. The van der Waals surface area contributed by atoms with E-state index < -0.39 is 12.0 Å². The summed E-state index contributed by atoms with van der Waals surface area (Å²) < 4.78 is 0. The second kappa shape index (κ2) is 5.14. The maximum atomic E-state index is 11.6. The smallest absolute Gasteiger partial charge is 0.326 e. The van der Waals surface area contributed by atoms with Crippen molar-refractivity contribution in [3.63, 3.8) is 0 Å². The lowest BCUT2D eigenvalue weighted by atomic mass is 10.0.